The summed E-state index contributed by atoms with van der Waals surface area (Å²) in [4.78, 5) is 40.8. The zero-order valence-electron chi connectivity index (χ0n) is 27.2. The van der Waals surface area contributed by atoms with E-state index in [-0.39, 0.29) is 45.7 Å². The molecule has 3 saturated carbocycles. The number of allylic oxidation sites excluding steroid dienone is 3. The number of ketones is 2. The number of carbonyl (C=O) groups excluding carboxylic acids is 3. The number of Topliss-reactive ketones (excluding diaryl/α,β-unsaturated/α-hetero) is 1. The van der Waals surface area contributed by atoms with E-state index < -0.39 is 27.3 Å². The van der Waals surface area contributed by atoms with E-state index in [9.17, 15) is 24.8 Å². The van der Waals surface area contributed by atoms with Crippen molar-refractivity contribution in [1.82, 2.24) is 15.5 Å². The van der Waals surface area contributed by atoms with Crippen LogP contribution in [0.5, 0.6) is 0 Å². The number of fused-ring (bicyclic) bond motifs is 7. The molecule has 1 amide bonds. The highest BCUT2D eigenvalue weighted by Crippen LogP contribution is 2.75. The molecule has 3 fully saturated rings. The second kappa shape index (κ2) is 9.42. The molecule has 0 saturated heterocycles. The van der Waals surface area contributed by atoms with Gasteiger partial charge in [0.25, 0.3) is 5.91 Å². The first-order valence-corrected chi connectivity index (χ1v) is 16.1. The number of carbonyl (C=O) groups is 3. The molecule has 5 aliphatic carbocycles. The first-order chi connectivity index (χ1) is 20.4. The summed E-state index contributed by atoms with van der Waals surface area (Å²) in [5.41, 5.74) is -3.14. The standard InChI is InChI=1S/C36H46N4O4/c1-30(2)24-8-10-34(6)25(33(24,5)17-23(19-37)28(30)42)16-27(41)36(44)26-18-31(3,11-12-32(26,4)13-14-35(34,36)7)21-38-29(43)22-9-15-39-40-20-22/h9,15-17,20,24,26,44H,8,10-14,18,21H2,1-7H3,(H,38,43)/t24-,26+,31-,32+,33-,34+,35-,36+/m0/s1. The second-order valence-corrected chi connectivity index (χ2v) is 16.5. The van der Waals surface area contributed by atoms with Crippen molar-refractivity contribution < 1.29 is 19.5 Å². The molecule has 2 N–H and O–H groups in total. The minimum Gasteiger partial charge on any atom is -0.381 e. The number of nitriles is 1. The number of amides is 1. The van der Waals surface area contributed by atoms with E-state index in [0.717, 1.165) is 44.1 Å². The van der Waals surface area contributed by atoms with Gasteiger partial charge in [-0.05, 0) is 84.8 Å². The van der Waals surface area contributed by atoms with Crippen molar-refractivity contribution in [3.05, 3.63) is 47.3 Å². The Bertz CT molecular complexity index is 1560. The van der Waals surface area contributed by atoms with Gasteiger partial charge in [-0.25, -0.2) is 0 Å². The summed E-state index contributed by atoms with van der Waals surface area (Å²) >= 11 is 0. The first kappa shape index (κ1) is 30.8. The number of nitrogens with zero attached hydrogens (tertiary/aromatic N) is 3. The van der Waals surface area contributed by atoms with Crippen molar-refractivity contribution in [2.24, 2.45) is 44.3 Å². The van der Waals surface area contributed by atoms with E-state index in [2.05, 4.69) is 56.2 Å². The van der Waals surface area contributed by atoms with Gasteiger partial charge in [0, 0.05) is 28.7 Å². The molecule has 0 spiro atoms. The molecule has 1 heterocycles. The van der Waals surface area contributed by atoms with E-state index in [4.69, 9.17) is 0 Å². The summed E-state index contributed by atoms with van der Waals surface area (Å²) < 4.78 is 0. The van der Waals surface area contributed by atoms with E-state index >= 15 is 0 Å². The van der Waals surface area contributed by atoms with Gasteiger partial charge in [0.05, 0.1) is 23.5 Å². The van der Waals surface area contributed by atoms with Crippen LogP contribution < -0.4 is 5.32 Å². The van der Waals surface area contributed by atoms with Crippen LogP contribution in [0.4, 0.5) is 0 Å². The van der Waals surface area contributed by atoms with Crippen LogP contribution in [0, 0.1) is 55.7 Å². The smallest absolute Gasteiger partial charge is 0.252 e. The van der Waals surface area contributed by atoms with E-state index in [0.29, 0.717) is 18.5 Å². The molecule has 6 rings (SSSR count). The number of aliphatic hydroxyl groups is 1. The fourth-order valence-corrected chi connectivity index (χ4v) is 10.8. The van der Waals surface area contributed by atoms with Crippen molar-refractivity contribution in [2.45, 2.75) is 99.0 Å². The van der Waals surface area contributed by atoms with Crippen molar-refractivity contribution >= 4 is 17.5 Å². The molecule has 0 aromatic carbocycles. The van der Waals surface area contributed by atoms with E-state index in [1.807, 2.05) is 19.9 Å². The van der Waals surface area contributed by atoms with Gasteiger partial charge in [-0.3, -0.25) is 14.4 Å². The molecule has 44 heavy (non-hydrogen) atoms. The number of rotatable bonds is 3. The molecule has 8 heteroatoms. The Morgan fingerprint density at radius 1 is 1.02 bits per heavy atom. The zero-order valence-corrected chi connectivity index (χ0v) is 27.2. The van der Waals surface area contributed by atoms with Gasteiger partial charge in [0.15, 0.2) is 11.6 Å². The fourth-order valence-electron chi connectivity index (χ4n) is 10.8. The van der Waals surface area contributed by atoms with Crippen LogP contribution in [-0.2, 0) is 9.59 Å². The Morgan fingerprint density at radius 2 is 1.73 bits per heavy atom. The maximum absolute atomic E-state index is 14.6. The molecular formula is C36H46N4O4. The van der Waals surface area contributed by atoms with Crippen LogP contribution in [-0.4, -0.2) is 44.9 Å². The van der Waals surface area contributed by atoms with Gasteiger partial charge >= 0.3 is 0 Å². The Labute approximate surface area is 260 Å². The highest BCUT2D eigenvalue weighted by atomic mass is 16.3. The second-order valence-electron chi connectivity index (χ2n) is 16.5. The Balaban J connectivity index is 1.40. The lowest BCUT2D eigenvalue weighted by atomic mass is 9.33. The predicted molar refractivity (Wildman–Crippen MR) is 165 cm³/mol. The molecule has 5 aliphatic rings. The number of aromatic nitrogens is 2. The van der Waals surface area contributed by atoms with Crippen LogP contribution in [0.2, 0.25) is 0 Å². The molecule has 1 aromatic rings. The summed E-state index contributed by atoms with van der Waals surface area (Å²) in [6, 6.07) is 3.79. The third kappa shape index (κ3) is 3.80. The van der Waals surface area contributed by atoms with Crippen molar-refractivity contribution in [3.63, 3.8) is 0 Å². The zero-order chi connectivity index (χ0) is 32.1. The van der Waals surface area contributed by atoms with Crippen molar-refractivity contribution in [1.29, 1.82) is 5.26 Å². The predicted octanol–water partition coefficient (Wildman–Crippen LogP) is 5.54. The monoisotopic (exact) mass is 598 g/mol. The molecule has 0 aliphatic heterocycles. The van der Waals surface area contributed by atoms with Crippen LogP contribution in [0.3, 0.4) is 0 Å². The molecule has 1 aromatic heterocycles. The lowest BCUT2D eigenvalue weighted by molar-refractivity contribution is -0.243. The molecule has 0 radical (unpaired) electrons. The molecule has 8 atom stereocenters. The maximum atomic E-state index is 14.6. The first-order valence-electron chi connectivity index (χ1n) is 16.1. The summed E-state index contributed by atoms with van der Waals surface area (Å²) in [5.74, 6) is -0.914. The van der Waals surface area contributed by atoms with Gasteiger partial charge in [-0.15, -0.1) is 0 Å². The Hall–Kier alpha value is -3.18. The largest absolute Gasteiger partial charge is 0.381 e. The number of hydrogen-bond donors (Lipinski definition) is 2. The summed E-state index contributed by atoms with van der Waals surface area (Å²) in [6.07, 6.45) is 12.0. The SMILES string of the molecule is CC1(C)C(=O)C(C#N)=C[C@]2(C)C3=CC(=O)[C@]4(O)[C@@H]5C[C@@](C)(CNC(=O)c6ccnnc6)CC[C@]5(C)CC[C@@]4(C)[C@]3(C)CC[C@@H]12. The highest BCUT2D eigenvalue weighted by molar-refractivity contribution is 6.05. The van der Waals surface area contributed by atoms with E-state index in [1.165, 1.54) is 12.4 Å². The van der Waals surface area contributed by atoms with Crippen molar-refractivity contribution in [3.8, 4) is 6.07 Å². The van der Waals surface area contributed by atoms with Gasteiger partial charge in [-0.2, -0.15) is 15.5 Å². The molecule has 234 valence electrons. The lowest BCUT2D eigenvalue weighted by Crippen LogP contribution is -2.74. The minimum atomic E-state index is -1.58. The third-order valence-electron chi connectivity index (χ3n) is 13.9. The van der Waals surface area contributed by atoms with Crippen LogP contribution in [0.25, 0.3) is 0 Å². The highest BCUT2D eigenvalue weighted by Gasteiger charge is 2.75. The van der Waals surface area contributed by atoms with Crippen LogP contribution >= 0.6 is 0 Å². The lowest BCUT2D eigenvalue weighted by Gasteiger charge is -2.71. The summed E-state index contributed by atoms with van der Waals surface area (Å²) in [6.45, 7) is 15.1. The van der Waals surface area contributed by atoms with Crippen LogP contribution in [0.1, 0.15) is 104 Å². The minimum absolute atomic E-state index is 0.0486. The molecular weight excluding hydrogens is 552 g/mol. The van der Waals surface area contributed by atoms with Gasteiger partial charge < -0.3 is 10.4 Å². The Morgan fingerprint density at radius 3 is 2.39 bits per heavy atom. The van der Waals surface area contributed by atoms with Gasteiger partial charge in [0.2, 0.25) is 0 Å². The average molecular weight is 599 g/mol. The normalized spacial score (nSPS) is 44.1. The molecule has 0 bridgehead atoms. The fraction of sp³-hybridized carbons (Fsp3) is 0.667. The topological polar surface area (TPSA) is 133 Å². The van der Waals surface area contributed by atoms with Crippen molar-refractivity contribution in [2.75, 3.05) is 6.54 Å². The van der Waals surface area contributed by atoms with Gasteiger partial charge in [0.1, 0.15) is 11.7 Å². The van der Waals surface area contributed by atoms with Crippen LogP contribution in [0.15, 0.2) is 41.8 Å². The summed E-state index contributed by atoms with van der Waals surface area (Å²) in [7, 11) is 0. The quantitative estimate of drug-likeness (QED) is 0.467. The number of hydrogen-bond acceptors (Lipinski definition) is 7. The summed E-state index contributed by atoms with van der Waals surface area (Å²) in [5, 5.41) is 33.7. The molecule has 0 unspecified atom stereocenters. The number of nitrogens with one attached hydrogen (secondary N) is 1. The average Bonchev–Trinajstić information content (AvgIpc) is 2.99. The molecule has 8 nitrogen and oxygen atoms in total. The maximum Gasteiger partial charge on any atom is 0.252 e. The Kier molecular flexibility index (Phi) is 6.60. The third-order valence-corrected chi connectivity index (χ3v) is 13.9. The van der Waals surface area contributed by atoms with Gasteiger partial charge in [-0.1, -0.05) is 54.5 Å². The van der Waals surface area contributed by atoms with E-state index in [1.54, 1.807) is 12.1 Å².